The van der Waals surface area contributed by atoms with Gasteiger partial charge < -0.3 is 5.11 Å². The summed E-state index contributed by atoms with van der Waals surface area (Å²) in [6.45, 7) is 1.65. The van der Waals surface area contributed by atoms with Crippen molar-refractivity contribution in [3.05, 3.63) is 17.8 Å². The number of carboxylic acid groups (broad SMARTS) is 1. The summed E-state index contributed by atoms with van der Waals surface area (Å²) in [6, 6.07) is 1.90. The second-order valence-corrected chi connectivity index (χ2v) is 5.16. The van der Waals surface area contributed by atoms with Crippen LogP contribution in [0.2, 0.25) is 0 Å². The number of thiophene rings is 1. The number of nitrogens with zero attached hydrogens (tertiary/aromatic N) is 2. The van der Waals surface area contributed by atoms with Crippen LogP contribution in [0.1, 0.15) is 6.92 Å². The fourth-order valence-electron chi connectivity index (χ4n) is 1.07. The number of rotatable bonds is 3. The van der Waals surface area contributed by atoms with Crippen molar-refractivity contribution >= 4 is 39.3 Å². The number of thioether (sulfide) groups is 1. The predicted molar refractivity (Wildman–Crippen MR) is 60.4 cm³/mol. The Hall–Kier alpha value is -1.14. The molecule has 0 aromatic carbocycles. The first kappa shape index (κ1) is 10.4. The molecule has 2 rings (SSSR count). The van der Waals surface area contributed by atoms with Crippen LogP contribution in [0.5, 0.6) is 0 Å². The number of hydrogen-bond donors (Lipinski definition) is 1. The lowest BCUT2D eigenvalue weighted by atomic mass is 10.5. The molecule has 0 bridgehead atoms. The smallest absolute Gasteiger partial charge is 0.316 e. The summed E-state index contributed by atoms with van der Waals surface area (Å²) in [4.78, 5) is 18.9. The summed E-state index contributed by atoms with van der Waals surface area (Å²) in [5.41, 5.74) is 0.870. The first-order valence-corrected chi connectivity index (χ1v) is 6.02. The van der Waals surface area contributed by atoms with Gasteiger partial charge in [-0.1, -0.05) is 11.8 Å². The number of carbonyl (C=O) groups is 1. The van der Waals surface area contributed by atoms with Crippen LogP contribution in [0.4, 0.5) is 0 Å². The van der Waals surface area contributed by atoms with E-state index in [-0.39, 0.29) is 0 Å². The van der Waals surface area contributed by atoms with Crippen LogP contribution in [0.15, 0.2) is 22.8 Å². The van der Waals surface area contributed by atoms with Gasteiger partial charge in [0.15, 0.2) is 0 Å². The number of hydrogen-bond acceptors (Lipinski definition) is 5. The van der Waals surface area contributed by atoms with Crippen LogP contribution in [0, 0.1) is 0 Å². The highest BCUT2D eigenvalue weighted by molar-refractivity contribution is 8.00. The minimum absolute atomic E-state index is 0.495. The van der Waals surface area contributed by atoms with Crippen molar-refractivity contribution in [1.29, 1.82) is 0 Å². The summed E-state index contributed by atoms with van der Waals surface area (Å²) >= 11 is 2.77. The maximum Gasteiger partial charge on any atom is 0.316 e. The molecule has 4 nitrogen and oxygen atoms in total. The number of carboxylic acids is 1. The van der Waals surface area contributed by atoms with Crippen molar-refractivity contribution < 1.29 is 9.90 Å². The van der Waals surface area contributed by atoms with Gasteiger partial charge in [-0.2, -0.15) is 0 Å². The fourth-order valence-corrected chi connectivity index (χ4v) is 2.84. The number of aromatic nitrogens is 2. The first-order valence-electron chi connectivity index (χ1n) is 4.26. The molecular weight excluding hydrogens is 232 g/mol. The van der Waals surface area contributed by atoms with E-state index in [1.54, 1.807) is 6.92 Å². The Labute approximate surface area is 94.4 Å². The summed E-state index contributed by atoms with van der Waals surface area (Å²) in [7, 11) is 0. The average molecular weight is 240 g/mol. The Kier molecular flexibility index (Phi) is 2.88. The van der Waals surface area contributed by atoms with Gasteiger partial charge in [-0.25, -0.2) is 9.97 Å². The Morgan fingerprint density at radius 2 is 2.40 bits per heavy atom. The van der Waals surface area contributed by atoms with E-state index in [9.17, 15) is 4.79 Å². The van der Waals surface area contributed by atoms with Gasteiger partial charge in [-0.3, -0.25) is 4.79 Å². The Morgan fingerprint density at radius 1 is 1.60 bits per heavy atom. The molecular formula is C9H8N2O2S2. The van der Waals surface area contributed by atoms with Crippen molar-refractivity contribution in [3.8, 4) is 0 Å². The molecule has 0 radical (unpaired) electrons. The molecule has 15 heavy (non-hydrogen) atoms. The summed E-state index contributed by atoms with van der Waals surface area (Å²) in [5, 5.41) is 11.0. The molecule has 0 amide bonds. The molecule has 78 valence electrons. The third-order valence-electron chi connectivity index (χ3n) is 1.85. The van der Waals surface area contributed by atoms with Crippen LogP contribution < -0.4 is 0 Å². The molecule has 0 spiro atoms. The second-order valence-electron chi connectivity index (χ2n) is 2.91. The highest BCUT2D eigenvalue weighted by Crippen LogP contribution is 2.31. The van der Waals surface area contributed by atoms with Crippen LogP contribution in [-0.4, -0.2) is 26.3 Å². The zero-order valence-corrected chi connectivity index (χ0v) is 9.51. The normalized spacial score (nSPS) is 12.9. The molecule has 0 fully saturated rings. The van der Waals surface area contributed by atoms with Gasteiger partial charge in [0.25, 0.3) is 0 Å². The third kappa shape index (κ3) is 2.10. The highest BCUT2D eigenvalue weighted by Gasteiger charge is 2.15. The summed E-state index contributed by atoms with van der Waals surface area (Å²) < 4.78 is 0.954. The summed E-state index contributed by atoms with van der Waals surface area (Å²) in [5.74, 6) is -0.830. The molecule has 0 aliphatic rings. The number of fused-ring (bicyclic) bond motifs is 1. The third-order valence-corrected chi connectivity index (χ3v) is 3.97. The van der Waals surface area contributed by atoms with E-state index in [0.717, 1.165) is 15.2 Å². The van der Waals surface area contributed by atoms with Crippen molar-refractivity contribution in [2.45, 2.75) is 17.2 Å². The molecule has 1 atom stereocenters. The molecule has 2 aromatic heterocycles. The predicted octanol–water partition coefficient (Wildman–Crippen LogP) is 2.26. The monoisotopic (exact) mass is 240 g/mol. The Morgan fingerprint density at radius 3 is 3.13 bits per heavy atom. The van der Waals surface area contributed by atoms with E-state index >= 15 is 0 Å². The quantitative estimate of drug-likeness (QED) is 0.658. The van der Waals surface area contributed by atoms with E-state index in [2.05, 4.69) is 9.97 Å². The van der Waals surface area contributed by atoms with Gasteiger partial charge in [0.05, 0.1) is 10.2 Å². The van der Waals surface area contributed by atoms with Gasteiger partial charge in [0, 0.05) is 0 Å². The van der Waals surface area contributed by atoms with Crippen LogP contribution in [0.3, 0.4) is 0 Å². The van der Waals surface area contributed by atoms with E-state index in [4.69, 9.17) is 5.11 Å². The second kappa shape index (κ2) is 4.16. The van der Waals surface area contributed by atoms with E-state index in [1.165, 1.54) is 29.4 Å². The maximum atomic E-state index is 10.7. The molecule has 0 saturated carbocycles. The topological polar surface area (TPSA) is 63.1 Å². The maximum absolute atomic E-state index is 10.7. The van der Waals surface area contributed by atoms with Crippen molar-refractivity contribution in [2.24, 2.45) is 0 Å². The van der Waals surface area contributed by atoms with Crippen LogP contribution in [0.25, 0.3) is 10.2 Å². The fraction of sp³-hybridized carbons (Fsp3) is 0.222. The Balaban J connectivity index is 2.35. The average Bonchev–Trinajstić information content (AvgIpc) is 2.66. The van der Waals surface area contributed by atoms with E-state index in [0.29, 0.717) is 0 Å². The standard InChI is InChI=1S/C9H8N2O2S2/c1-5(9(12)13)15-8-7-6(2-3-14-7)10-4-11-8/h2-5H,1H3,(H,12,13). The Bertz CT molecular complexity index is 498. The van der Waals surface area contributed by atoms with Gasteiger partial charge in [-0.05, 0) is 18.4 Å². The zero-order valence-electron chi connectivity index (χ0n) is 7.88. The van der Waals surface area contributed by atoms with Gasteiger partial charge >= 0.3 is 5.97 Å². The van der Waals surface area contributed by atoms with Gasteiger partial charge in [-0.15, -0.1) is 11.3 Å². The number of aliphatic carboxylic acids is 1. The van der Waals surface area contributed by atoms with Crippen molar-refractivity contribution in [1.82, 2.24) is 9.97 Å². The molecule has 0 aliphatic heterocycles. The SMILES string of the molecule is CC(Sc1ncnc2ccsc12)C(=O)O. The lowest BCUT2D eigenvalue weighted by Gasteiger charge is -2.04. The van der Waals surface area contributed by atoms with Crippen LogP contribution in [-0.2, 0) is 4.79 Å². The molecule has 6 heteroatoms. The van der Waals surface area contributed by atoms with Crippen LogP contribution >= 0.6 is 23.1 Å². The molecule has 0 aliphatic carbocycles. The first-order chi connectivity index (χ1) is 7.18. The minimum Gasteiger partial charge on any atom is -0.480 e. The van der Waals surface area contributed by atoms with Gasteiger partial charge in [0.2, 0.25) is 0 Å². The molecule has 0 saturated heterocycles. The molecule has 2 heterocycles. The molecule has 1 N–H and O–H groups in total. The van der Waals surface area contributed by atoms with E-state index < -0.39 is 11.2 Å². The van der Waals surface area contributed by atoms with E-state index in [1.807, 2.05) is 11.4 Å². The highest BCUT2D eigenvalue weighted by atomic mass is 32.2. The molecule has 1 unspecified atom stereocenters. The summed E-state index contributed by atoms with van der Waals surface area (Å²) in [6.07, 6.45) is 1.46. The van der Waals surface area contributed by atoms with Gasteiger partial charge in [0.1, 0.15) is 16.6 Å². The van der Waals surface area contributed by atoms with Crippen molar-refractivity contribution in [3.63, 3.8) is 0 Å². The lowest BCUT2D eigenvalue weighted by Crippen LogP contribution is -2.11. The lowest BCUT2D eigenvalue weighted by molar-refractivity contribution is -0.136. The zero-order chi connectivity index (χ0) is 10.8. The minimum atomic E-state index is -0.830. The largest absolute Gasteiger partial charge is 0.480 e. The van der Waals surface area contributed by atoms with Crippen molar-refractivity contribution in [2.75, 3.05) is 0 Å². The molecule has 2 aromatic rings.